The Morgan fingerprint density at radius 3 is 2.69 bits per heavy atom. The van der Waals surface area contributed by atoms with E-state index in [-0.39, 0.29) is 5.78 Å². The molecule has 0 bridgehead atoms. The summed E-state index contributed by atoms with van der Waals surface area (Å²) in [7, 11) is 1.54. The van der Waals surface area contributed by atoms with Gasteiger partial charge < -0.3 is 4.74 Å². The van der Waals surface area contributed by atoms with Crippen molar-refractivity contribution in [3.63, 3.8) is 0 Å². The lowest BCUT2D eigenvalue weighted by Crippen LogP contribution is -1.97. The molecule has 0 aliphatic rings. The molecule has 0 heterocycles. The summed E-state index contributed by atoms with van der Waals surface area (Å²) in [6.07, 6.45) is 1.49. The Hall–Kier alpha value is -1.02. The summed E-state index contributed by atoms with van der Waals surface area (Å²) in [6.45, 7) is 1.69. The summed E-state index contributed by atoms with van der Waals surface area (Å²) in [5, 5.41) is 0.504. The van der Waals surface area contributed by atoms with Crippen LogP contribution in [0.4, 0.5) is 0 Å². The zero-order valence-corrected chi connectivity index (χ0v) is 8.26. The van der Waals surface area contributed by atoms with Crippen LogP contribution >= 0.6 is 11.6 Å². The minimum Gasteiger partial charge on any atom is -0.497 e. The van der Waals surface area contributed by atoms with Gasteiger partial charge in [0.15, 0.2) is 5.78 Å². The van der Waals surface area contributed by atoms with Gasteiger partial charge >= 0.3 is 0 Å². The van der Waals surface area contributed by atoms with Gasteiger partial charge in [-0.3, -0.25) is 4.79 Å². The van der Waals surface area contributed by atoms with Crippen molar-refractivity contribution in [1.82, 2.24) is 0 Å². The zero-order chi connectivity index (χ0) is 9.84. The van der Waals surface area contributed by atoms with Gasteiger partial charge in [0.1, 0.15) is 5.75 Å². The summed E-state index contributed by atoms with van der Waals surface area (Å²) in [5.41, 5.74) is 0.548. The third-order valence-corrected chi connectivity index (χ3v) is 1.87. The average Bonchev–Trinajstić information content (AvgIpc) is 2.15. The SMILES string of the molecule is C[CH]C(=O)c1cc(Cl)cc(OC)c1. The molecule has 3 heteroatoms. The number of ketones is 1. The van der Waals surface area contributed by atoms with Crippen LogP contribution in [0.2, 0.25) is 5.02 Å². The Kier molecular flexibility index (Phi) is 3.32. The van der Waals surface area contributed by atoms with Crippen LogP contribution in [0.25, 0.3) is 0 Å². The van der Waals surface area contributed by atoms with Crippen LogP contribution < -0.4 is 4.74 Å². The molecule has 2 nitrogen and oxygen atoms in total. The first-order chi connectivity index (χ1) is 6.17. The van der Waals surface area contributed by atoms with Gasteiger partial charge in [-0.2, -0.15) is 0 Å². The number of rotatable bonds is 3. The predicted molar refractivity (Wildman–Crippen MR) is 52.3 cm³/mol. The number of benzene rings is 1. The van der Waals surface area contributed by atoms with Crippen molar-refractivity contribution in [3.8, 4) is 5.75 Å². The lowest BCUT2D eigenvalue weighted by atomic mass is 10.1. The van der Waals surface area contributed by atoms with E-state index < -0.39 is 0 Å². The van der Waals surface area contributed by atoms with E-state index in [0.29, 0.717) is 16.3 Å². The second-order valence-electron chi connectivity index (χ2n) is 2.53. The van der Waals surface area contributed by atoms with Gasteiger partial charge in [0.05, 0.1) is 7.11 Å². The fraction of sp³-hybridized carbons (Fsp3) is 0.200. The topological polar surface area (TPSA) is 26.3 Å². The molecule has 0 atom stereocenters. The molecule has 0 unspecified atom stereocenters. The quantitative estimate of drug-likeness (QED) is 0.697. The monoisotopic (exact) mass is 197 g/mol. The maximum absolute atomic E-state index is 11.3. The standard InChI is InChI=1S/C10H10ClO2/c1-3-10(12)7-4-8(11)6-9(5-7)13-2/h3-6H,1-2H3. The van der Waals surface area contributed by atoms with E-state index in [4.69, 9.17) is 16.3 Å². The van der Waals surface area contributed by atoms with Gasteiger partial charge in [0, 0.05) is 17.0 Å². The Balaban J connectivity index is 3.08. The molecule has 0 N–H and O–H groups in total. The molecule has 0 aliphatic heterocycles. The lowest BCUT2D eigenvalue weighted by Gasteiger charge is -2.03. The zero-order valence-electron chi connectivity index (χ0n) is 7.50. The molecule has 69 valence electrons. The highest BCUT2D eigenvalue weighted by Gasteiger charge is 2.06. The van der Waals surface area contributed by atoms with Crippen LogP contribution in [0.15, 0.2) is 18.2 Å². The number of carbonyl (C=O) groups is 1. The maximum Gasteiger partial charge on any atom is 0.166 e. The summed E-state index contributed by atoms with van der Waals surface area (Å²) in [6, 6.07) is 4.94. The summed E-state index contributed by atoms with van der Waals surface area (Å²) < 4.78 is 4.98. The molecule has 0 aliphatic carbocycles. The van der Waals surface area contributed by atoms with Gasteiger partial charge in [-0.1, -0.05) is 18.5 Å². The normalized spacial score (nSPS) is 9.77. The van der Waals surface area contributed by atoms with Crippen molar-refractivity contribution in [2.24, 2.45) is 0 Å². The van der Waals surface area contributed by atoms with Crippen molar-refractivity contribution >= 4 is 17.4 Å². The lowest BCUT2D eigenvalue weighted by molar-refractivity contribution is 0.103. The van der Waals surface area contributed by atoms with Crippen LogP contribution in [0.5, 0.6) is 5.75 Å². The van der Waals surface area contributed by atoms with Gasteiger partial charge in [-0.05, 0) is 18.2 Å². The summed E-state index contributed by atoms with van der Waals surface area (Å²) in [5.74, 6) is 0.540. The Morgan fingerprint density at radius 2 is 2.15 bits per heavy atom. The van der Waals surface area contributed by atoms with Crippen LogP contribution in [0.3, 0.4) is 0 Å². The van der Waals surface area contributed by atoms with Crippen LogP contribution in [-0.2, 0) is 0 Å². The largest absolute Gasteiger partial charge is 0.497 e. The third-order valence-electron chi connectivity index (χ3n) is 1.65. The van der Waals surface area contributed by atoms with Crippen LogP contribution in [0.1, 0.15) is 17.3 Å². The maximum atomic E-state index is 11.3. The van der Waals surface area contributed by atoms with Crippen molar-refractivity contribution < 1.29 is 9.53 Å². The van der Waals surface area contributed by atoms with Crippen molar-refractivity contribution in [2.45, 2.75) is 6.92 Å². The van der Waals surface area contributed by atoms with E-state index >= 15 is 0 Å². The summed E-state index contributed by atoms with van der Waals surface area (Å²) >= 11 is 5.78. The molecule has 1 rings (SSSR count). The fourth-order valence-electron chi connectivity index (χ4n) is 0.989. The minimum atomic E-state index is -0.0548. The molecule has 0 saturated carbocycles. The van der Waals surface area contributed by atoms with E-state index in [1.165, 1.54) is 13.5 Å². The van der Waals surface area contributed by atoms with Crippen molar-refractivity contribution in [2.75, 3.05) is 7.11 Å². The van der Waals surface area contributed by atoms with E-state index in [1.54, 1.807) is 25.1 Å². The van der Waals surface area contributed by atoms with Crippen molar-refractivity contribution in [1.29, 1.82) is 0 Å². The highest BCUT2D eigenvalue weighted by molar-refractivity contribution is 6.31. The molecule has 1 radical (unpaired) electrons. The number of hydrogen-bond acceptors (Lipinski definition) is 2. The number of hydrogen-bond donors (Lipinski definition) is 0. The van der Waals surface area contributed by atoms with Crippen molar-refractivity contribution in [3.05, 3.63) is 35.2 Å². The Labute approximate surface area is 82.5 Å². The van der Waals surface area contributed by atoms with Gasteiger partial charge in [0.25, 0.3) is 0 Å². The second-order valence-corrected chi connectivity index (χ2v) is 2.97. The van der Waals surface area contributed by atoms with E-state index in [2.05, 4.69) is 0 Å². The Bertz CT molecular complexity index is 321. The van der Waals surface area contributed by atoms with E-state index in [9.17, 15) is 4.79 Å². The predicted octanol–water partition coefficient (Wildman–Crippen LogP) is 2.76. The second kappa shape index (κ2) is 4.28. The molecular weight excluding hydrogens is 188 g/mol. The average molecular weight is 198 g/mol. The fourth-order valence-corrected chi connectivity index (χ4v) is 1.21. The van der Waals surface area contributed by atoms with Gasteiger partial charge in [-0.15, -0.1) is 0 Å². The molecule has 13 heavy (non-hydrogen) atoms. The number of ether oxygens (including phenoxy) is 1. The molecule has 0 fully saturated rings. The van der Waals surface area contributed by atoms with Crippen LogP contribution in [-0.4, -0.2) is 12.9 Å². The molecular formula is C10H10ClO2. The number of halogens is 1. The molecule has 1 aromatic carbocycles. The first-order valence-electron chi connectivity index (χ1n) is 3.85. The molecule has 1 aromatic rings. The Morgan fingerprint density at radius 1 is 1.46 bits per heavy atom. The van der Waals surface area contributed by atoms with Gasteiger partial charge in [-0.25, -0.2) is 0 Å². The summed E-state index contributed by atoms with van der Waals surface area (Å²) in [4.78, 5) is 11.3. The van der Waals surface area contributed by atoms with E-state index in [1.807, 2.05) is 0 Å². The third kappa shape index (κ3) is 2.46. The van der Waals surface area contributed by atoms with Gasteiger partial charge in [0.2, 0.25) is 0 Å². The number of Topliss-reactive ketones (excluding diaryl/α,β-unsaturated/α-hetero) is 1. The van der Waals surface area contributed by atoms with Crippen LogP contribution in [0, 0.1) is 6.42 Å². The number of carbonyl (C=O) groups excluding carboxylic acids is 1. The first-order valence-corrected chi connectivity index (χ1v) is 4.23. The smallest absolute Gasteiger partial charge is 0.166 e. The molecule has 0 aromatic heterocycles. The first kappa shape index (κ1) is 10.1. The highest BCUT2D eigenvalue weighted by Crippen LogP contribution is 2.21. The molecule has 0 amide bonds. The molecule has 0 spiro atoms. The highest BCUT2D eigenvalue weighted by atomic mass is 35.5. The van der Waals surface area contributed by atoms with E-state index in [0.717, 1.165) is 0 Å². The molecule has 0 saturated heterocycles. The number of methoxy groups -OCH3 is 1. The minimum absolute atomic E-state index is 0.0548.